The van der Waals surface area contributed by atoms with Crippen LogP contribution in [0.3, 0.4) is 0 Å². The molecule has 2 aromatic heterocycles. The summed E-state index contributed by atoms with van der Waals surface area (Å²) >= 11 is 0. The summed E-state index contributed by atoms with van der Waals surface area (Å²) in [5.74, 6) is -0.162. The first-order valence-corrected chi connectivity index (χ1v) is 7.08. The number of nitrogens with one attached hydrogen (secondary N) is 1. The molecule has 3 rings (SSSR count). The molecule has 2 aromatic rings. The van der Waals surface area contributed by atoms with Crippen molar-refractivity contribution in [2.75, 3.05) is 6.61 Å². The zero-order chi connectivity index (χ0) is 14.5. The van der Waals surface area contributed by atoms with Crippen LogP contribution in [0.15, 0.2) is 48.9 Å². The summed E-state index contributed by atoms with van der Waals surface area (Å²) in [6.07, 6.45) is 6.80. The Kier molecular flexibility index (Phi) is 4.21. The van der Waals surface area contributed by atoms with E-state index in [1.165, 1.54) is 0 Å². The molecule has 1 fully saturated rings. The first kappa shape index (κ1) is 13.7. The van der Waals surface area contributed by atoms with E-state index in [9.17, 15) is 4.79 Å². The van der Waals surface area contributed by atoms with Crippen molar-refractivity contribution < 1.29 is 9.53 Å². The quantitative estimate of drug-likeness (QED) is 0.937. The number of amides is 1. The van der Waals surface area contributed by atoms with Crippen LogP contribution in [-0.4, -0.2) is 28.5 Å². The van der Waals surface area contributed by atoms with E-state index in [1.54, 1.807) is 36.8 Å². The van der Waals surface area contributed by atoms with E-state index in [0.29, 0.717) is 12.3 Å². The van der Waals surface area contributed by atoms with Crippen LogP contribution in [0.1, 0.15) is 35.0 Å². The van der Waals surface area contributed by atoms with Gasteiger partial charge in [-0.2, -0.15) is 0 Å². The van der Waals surface area contributed by atoms with Crippen molar-refractivity contribution in [2.45, 2.75) is 25.0 Å². The molecule has 3 heterocycles. The zero-order valence-electron chi connectivity index (χ0n) is 11.6. The van der Waals surface area contributed by atoms with Crippen molar-refractivity contribution in [3.05, 3.63) is 60.2 Å². The number of pyridine rings is 2. The highest BCUT2D eigenvalue weighted by atomic mass is 16.5. The van der Waals surface area contributed by atoms with E-state index >= 15 is 0 Å². The molecule has 108 valence electrons. The zero-order valence-corrected chi connectivity index (χ0v) is 11.6. The molecule has 1 amide bonds. The summed E-state index contributed by atoms with van der Waals surface area (Å²) in [6.45, 7) is 0.711. The van der Waals surface area contributed by atoms with Gasteiger partial charge < -0.3 is 10.1 Å². The third kappa shape index (κ3) is 3.25. The number of carbonyl (C=O) groups is 1. The lowest BCUT2D eigenvalue weighted by molar-refractivity contribution is -0.00955. The number of carbonyl (C=O) groups excluding carboxylic acids is 1. The minimum Gasteiger partial charge on any atom is -0.371 e. The van der Waals surface area contributed by atoms with Gasteiger partial charge in [0.05, 0.1) is 6.04 Å². The number of ether oxygens (including phenoxy) is 1. The molecule has 1 saturated heterocycles. The Hall–Kier alpha value is -2.27. The van der Waals surface area contributed by atoms with Gasteiger partial charge in [0.2, 0.25) is 0 Å². The average Bonchev–Trinajstić information content (AvgIpc) is 2.57. The van der Waals surface area contributed by atoms with E-state index in [0.717, 1.165) is 18.4 Å². The lowest BCUT2D eigenvalue weighted by Crippen LogP contribution is -2.43. The Balaban J connectivity index is 1.75. The second-order valence-electron chi connectivity index (χ2n) is 5.01. The fraction of sp³-hybridized carbons (Fsp3) is 0.312. The van der Waals surface area contributed by atoms with Crippen molar-refractivity contribution in [1.82, 2.24) is 15.3 Å². The second kappa shape index (κ2) is 6.45. The Morgan fingerprint density at radius 3 is 2.81 bits per heavy atom. The van der Waals surface area contributed by atoms with E-state index in [4.69, 9.17) is 4.74 Å². The van der Waals surface area contributed by atoms with Gasteiger partial charge in [-0.3, -0.25) is 14.8 Å². The number of hydrogen-bond donors (Lipinski definition) is 1. The number of hydrogen-bond acceptors (Lipinski definition) is 4. The molecule has 0 radical (unpaired) electrons. The molecule has 0 bridgehead atoms. The fourth-order valence-electron chi connectivity index (χ4n) is 2.55. The van der Waals surface area contributed by atoms with Crippen LogP contribution in [0.4, 0.5) is 0 Å². The topological polar surface area (TPSA) is 64.1 Å². The van der Waals surface area contributed by atoms with Crippen LogP contribution in [-0.2, 0) is 4.74 Å². The monoisotopic (exact) mass is 283 g/mol. The number of aromatic nitrogens is 2. The van der Waals surface area contributed by atoms with Gasteiger partial charge in [0.15, 0.2) is 0 Å². The maximum atomic E-state index is 12.2. The SMILES string of the molecule is O=C(N[C@H]1CCCO[C@@H]1c1ccncc1)c1ccccn1. The molecule has 5 nitrogen and oxygen atoms in total. The highest BCUT2D eigenvalue weighted by Gasteiger charge is 2.29. The number of rotatable bonds is 3. The van der Waals surface area contributed by atoms with Crippen molar-refractivity contribution in [3.8, 4) is 0 Å². The molecule has 0 spiro atoms. The molecular formula is C16H17N3O2. The molecule has 21 heavy (non-hydrogen) atoms. The van der Waals surface area contributed by atoms with Gasteiger partial charge in [-0.05, 0) is 42.7 Å². The molecule has 0 aliphatic carbocycles. The van der Waals surface area contributed by atoms with Gasteiger partial charge in [0.1, 0.15) is 11.8 Å². The minimum absolute atomic E-state index is 0.0457. The average molecular weight is 283 g/mol. The molecule has 1 aliphatic rings. The smallest absolute Gasteiger partial charge is 0.270 e. The predicted molar refractivity (Wildman–Crippen MR) is 77.7 cm³/mol. The summed E-state index contributed by atoms with van der Waals surface area (Å²) in [4.78, 5) is 20.3. The number of nitrogens with zero attached hydrogens (tertiary/aromatic N) is 2. The lowest BCUT2D eigenvalue weighted by atomic mass is 9.96. The van der Waals surface area contributed by atoms with Crippen molar-refractivity contribution in [2.24, 2.45) is 0 Å². The van der Waals surface area contributed by atoms with Gasteiger partial charge in [0.25, 0.3) is 5.91 Å². The summed E-state index contributed by atoms with van der Waals surface area (Å²) in [7, 11) is 0. The normalized spacial score (nSPS) is 21.7. The van der Waals surface area contributed by atoms with Gasteiger partial charge in [0, 0.05) is 25.2 Å². The molecule has 1 N–H and O–H groups in total. The molecule has 0 unspecified atom stereocenters. The van der Waals surface area contributed by atoms with E-state index in [2.05, 4.69) is 15.3 Å². The standard InChI is InChI=1S/C16H17N3O2/c20-16(14-4-1-2-8-18-14)19-13-5-3-11-21-15(13)12-6-9-17-10-7-12/h1-2,4,6-10,13,15H,3,5,11H2,(H,19,20)/t13-,15+/m0/s1. The van der Waals surface area contributed by atoms with Crippen LogP contribution < -0.4 is 5.32 Å². The van der Waals surface area contributed by atoms with Crippen molar-refractivity contribution >= 4 is 5.91 Å². The first-order valence-electron chi connectivity index (χ1n) is 7.08. The molecular weight excluding hydrogens is 266 g/mol. The Labute approximate surface area is 123 Å². The highest BCUT2D eigenvalue weighted by Crippen LogP contribution is 2.28. The molecule has 2 atom stereocenters. The summed E-state index contributed by atoms with van der Waals surface area (Å²) in [6, 6.07) is 9.11. The first-order chi connectivity index (χ1) is 10.3. The highest BCUT2D eigenvalue weighted by molar-refractivity contribution is 5.92. The van der Waals surface area contributed by atoms with Crippen LogP contribution in [0.5, 0.6) is 0 Å². The lowest BCUT2D eigenvalue weighted by Gasteiger charge is -2.32. The minimum atomic E-state index is -0.162. The van der Waals surface area contributed by atoms with Crippen molar-refractivity contribution in [1.29, 1.82) is 0 Å². The Bertz CT molecular complexity index is 589. The van der Waals surface area contributed by atoms with Crippen LogP contribution in [0.25, 0.3) is 0 Å². The van der Waals surface area contributed by atoms with E-state index < -0.39 is 0 Å². The molecule has 0 aromatic carbocycles. The third-order valence-electron chi connectivity index (χ3n) is 3.57. The van der Waals surface area contributed by atoms with Gasteiger partial charge in [-0.25, -0.2) is 0 Å². The Morgan fingerprint density at radius 2 is 2.05 bits per heavy atom. The van der Waals surface area contributed by atoms with Gasteiger partial charge in [-0.1, -0.05) is 6.07 Å². The summed E-state index contributed by atoms with van der Waals surface area (Å²) in [5.41, 5.74) is 1.47. The maximum absolute atomic E-state index is 12.2. The van der Waals surface area contributed by atoms with E-state index in [1.807, 2.05) is 12.1 Å². The summed E-state index contributed by atoms with van der Waals surface area (Å²) < 4.78 is 5.85. The Morgan fingerprint density at radius 1 is 1.19 bits per heavy atom. The molecule has 5 heteroatoms. The molecule has 0 saturated carbocycles. The molecule has 1 aliphatic heterocycles. The van der Waals surface area contributed by atoms with Crippen LogP contribution >= 0.6 is 0 Å². The van der Waals surface area contributed by atoms with Gasteiger partial charge in [-0.15, -0.1) is 0 Å². The third-order valence-corrected chi connectivity index (χ3v) is 3.57. The second-order valence-corrected chi connectivity index (χ2v) is 5.01. The van der Waals surface area contributed by atoms with Crippen LogP contribution in [0.2, 0.25) is 0 Å². The predicted octanol–water partition coefficient (Wildman–Crippen LogP) is 2.13. The van der Waals surface area contributed by atoms with Crippen LogP contribution in [0, 0.1) is 0 Å². The van der Waals surface area contributed by atoms with Gasteiger partial charge >= 0.3 is 0 Å². The fourth-order valence-corrected chi connectivity index (χ4v) is 2.55. The van der Waals surface area contributed by atoms with Crippen molar-refractivity contribution in [3.63, 3.8) is 0 Å². The maximum Gasteiger partial charge on any atom is 0.270 e. The van der Waals surface area contributed by atoms with E-state index in [-0.39, 0.29) is 18.1 Å². The summed E-state index contributed by atoms with van der Waals surface area (Å²) in [5, 5.41) is 3.04. The largest absolute Gasteiger partial charge is 0.371 e.